The largest absolute Gasteiger partial charge is 0.481 e. The van der Waals surface area contributed by atoms with Crippen molar-refractivity contribution >= 4 is 11.8 Å². The summed E-state index contributed by atoms with van der Waals surface area (Å²) in [6, 6.07) is 0. The lowest BCUT2D eigenvalue weighted by molar-refractivity contribution is -0.260. The summed E-state index contributed by atoms with van der Waals surface area (Å²) in [5.41, 5.74) is 0.0155. The third-order valence-electron chi connectivity index (χ3n) is 14.1. The fraction of sp³-hybridized carbons (Fsp3) is 0.933. The Labute approximate surface area is 206 Å². The molecule has 0 amide bonds. The zero-order valence-electron chi connectivity index (χ0n) is 22.7. The molecule has 0 aliphatic heterocycles. The number of carboxylic acids is 1. The third-order valence-corrected chi connectivity index (χ3v) is 14.1. The van der Waals surface area contributed by atoms with Crippen LogP contribution in [0, 0.1) is 56.2 Å². The summed E-state index contributed by atoms with van der Waals surface area (Å²) in [4.78, 5) is 25.1. The van der Waals surface area contributed by atoms with Crippen molar-refractivity contribution in [2.24, 2.45) is 56.2 Å². The van der Waals surface area contributed by atoms with E-state index in [1.807, 2.05) is 6.92 Å². The highest BCUT2D eigenvalue weighted by Gasteiger charge is 2.71. The van der Waals surface area contributed by atoms with Gasteiger partial charge in [0.25, 0.3) is 0 Å². The van der Waals surface area contributed by atoms with Gasteiger partial charge in [-0.25, -0.2) is 0 Å². The van der Waals surface area contributed by atoms with E-state index in [4.69, 9.17) is 0 Å². The molecule has 1 unspecified atom stereocenters. The first-order valence-electron chi connectivity index (χ1n) is 14.0. The number of ketones is 1. The number of aliphatic carboxylic acids is 1. The summed E-state index contributed by atoms with van der Waals surface area (Å²) >= 11 is 0. The van der Waals surface area contributed by atoms with E-state index < -0.39 is 17.5 Å². The summed E-state index contributed by atoms with van der Waals surface area (Å²) in [5.74, 6) is 0.720. The molecule has 0 saturated heterocycles. The van der Waals surface area contributed by atoms with E-state index in [9.17, 15) is 19.8 Å². The van der Waals surface area contributed by atoms with Crippen LogP contribution >= 0.6 is 0 Å². The van der Waals surface area contributed by atoms with Gasteiger partial charge in [0.2, 0.25) is 0 Å². The molecule has 0 spiro atoms. The normalized spacial score (nSPS) is 59.3. The number of carbonyl (C=O) groups is 2. The summed E-state index contributed by atoms with van der Waals surface area (Å²) in [6.07, 6.45) is 9.36. The smallest absolute Gasteiger partial charge is 0.309 e. The van der Waals surface area contributed by atoms with Crippen LogP contribution in [0.15, 0.2) is 0 Å². The molecule has 0 aromatic heterocycles. The number of fused-ring (bicyclic) bond motifs is 7. The quantitative estimate of drug-likeness (QED) is 0.457. The first-order valence-corrected chi connectivity index (χ1v) is 14.0. The molecule has 0 aromatic carbocycles. The monoisotopic (exact) mass is 472 g/mol. The molecule has 192 valence electrons. The highest BCUT2D eigenvalue weighted by molar-refractivity contribution is 5.86. The van der Waals surface area contributed by atoms with Gasteiger partial charge in [-0.2, -0.15) is 0 Å². The van der Waals surface area contributed by atoms with Crippen molar-refractivity contribution in [1.82, 2.24) is 0 Å². The van der Waals surface area contributed by atoms with Crippen LogP contribution in [0.1, 0.15) is 113 Å². The van der Waals surface area contributed by atoms with Crippen molar-refractivity contribution in [3.05, 3.63) is 0 Å². The van der Waals surface area contributed by atoms with E-state index in [1.54, 1.807) is 0 Å². The Bertz CT molecular complexity index is 913. The van der Waals surface area contributed by atoms with Crippen LogP contribution in [0.25, 0.3) is 0 Å². The molecule has 0 heterocycles. The van der Waals surface area contributed by atoms with Crippen molar-refractivity contribution in [3.8, 4) is 0 Å². The van der Waals surface area contributed by atoms with Gasteiger partial charge < -0.3 is 10.2 Å². The van der Waals surface area contributed by atoms with Crippen LogP contribution in [-0.4, -0.2) is 28.1 Å². The molecule has 5 aliphatic rings. The minimum Gasteiger partial charge on any atom is -0.481 e. The van der Waals surface area contributed by atoms with Gasteiger partial charge in [-0.3, -0.25) is 9.59 Å². The number of carboxylic acid groups (broad SMARTS) is 1. The van der Waals surface area contributed by atoms with Crippen molar-refractivity contribution in [1.29, 1.82) is 0 Å². The van der Waals surface area contributed by atoms with E-state index in [0.29, 0.717) is 24.2 Å². The first-order chi connectivity index (χ1) is 15.6. The second kappa shape index (κ2) is 7.11. The Morgan fingerprint density at radius 3 is 2.03 bits per heavy atom. The van der Waals surface area contributed by atoms with Gasteiger partial charge in [-0.05, 0) is 116 Å². The summed E-state index contributed by atoms with van der Waals surface area (Å²) in [6.45, 7) is 16.4. The van der Waals surface area contributed by atoms with Crippen molar-refractivity contribution in [3.63, 3.8) is 0 Å². The molecule has 0 bridgehead atoms. The molecule has 34 heavy (non-hydrogen) atoms. The van der Waals surface area contributed by atoms with E-state index in [2.05, 4.69) is 41.5 Å². The number of aliphatic hydroxyl groups excluding tert-OH is 1. The Kier molecular flexibility index (Phi) is 5.18. The molecule has 0 radical (unpaired) electrons. The maximum Gasteiger partial charge on any atom is 0.309 e. The van der Waals surface area contributed by atoms with Crippen LogP contribution in [0.4, 0.5) is 0 Å². The summed E-state index contributed by atoms with van der Waals surface area (Å²) < 4.78 is 0. The van der Waals surface area contributed by atoms with Crippen LogP contribution < -0.4 is 0 Å². The maximum atomic E-state index is 12.8. The molecular formula is C30H48O4. The lowest BCUT2D eigenvalue weighted by Crippen LogP contribution is -2.68. The Morgan fingerprint density at radius 1 is 0.794 bits per heavy atom. The van der Waals surface area contributed by atoms with Crippen molar-refractivity contribution < 1.29 is 19.8 Å². The van der Waals surface area contributed by atoms with Gasteiger partial charge in [0.1, 0.15) is 6.10 Å². The molecule has 5 rings (SSSR count). The Balaban J connectivity index is 1.55. The number of aliphatic hydroxyl groups is 1. The van der Waals surface area contributed by atoms with Gasteiger partial charge in [-0.15, -0.1) is 0 Å². The zero-order valence-corrected chi connectivity index (χ0v) is 22.7. The third kappa shape index (κ3) is 2.81. The van der Waals surface area contributed by atoms with Crippen molar-refractivity contribution in [2.45, 2.75) is 119 Å². The van der Waals surface area contributed by atoms with E-state index in [0.717, 1.165) is 44.9 Å². The second-order valence-corrected chi connectivity index (χ2v) is 15.1. The highest BCUT2D eigenvalue weighted by atomic mass is 16.4. The highest BCUT2D eigenvalue weighted by Crippen LogP contribution is 2.78. The van der Waals surface area contributed by atoms with Crippen LogP contribution in [0.2, 0.25) is 0 Å². The second-order valence-electron chi connectivity index (χ2n) is 15.1. The van der Waals surface area contributed by atoms with E-state index in [1.165, 1.54) is 12.8 Å². The van der Waals surface area contributed by atoms with E-state index in [-0.39, 0.29) is 38.8 Å². The summed E-state index contributed by atoms with van der Waals surface area (Å²) in [7, 11) is 0. The predicted molar refractivity (Wildman–Crippen MR) is 133 cm³/mol. The molecule has 0 aromatic rings. The standard InChI is InChI=1S/C30H48O4/c1-18-23(32)19(31)16-21-27(18,4)9-8-20-28(21,5)13-15-30(7)22-17-26(3,24(33)34)11-10-25(22,2)12-14-29(20,30)6/h18-22,31H,8-17H2,1-7H3,(H,33,34)/t18-,19-,20+,21?,22+,25+,26+,27+,28+,29+,30-/m0/s1. The average molecular weight is 473 g/mol. The molecule has 5 saturated carbocycles. The van der Waals surface area contributed by atoms with E-state index >= 15 is 0 Å². The van der Waals surface area contributed by atoms with Gasteiger partial charge in [0, 0.05) is 5.92 Å². The number of hydrogen-bond acceptors (Lipinski definition) is 3. The molecular weight excluding hydrogens is 424 g/mol. The fourth-order valence-electron chi connectivity index (χ4n) is 11.2. The lowest BCUT2D eigenvalue weighted by Gasteiger charge is -2.74. The maximum absolute atomic E-state index is 12.8. The molecule has 4 heteroatoms. The average Bonchev–Trinajstić information content (AvgIpc) is 2.77. The number of carbonyl (C=O) groups excluding carboxylic acids is 1. The Morgan fingerprint density at radius 2 is 1.38 bits per heavy atom. The van der Waals surface area contributed by atoms with Gasteiger partial charge >= 0.3 is 5.97 Å². The molecule has 4 nitrogen and oxygen atoms in total. The minimum atomic E-state index is -0.811. The van der Waals surface area contributed by atoms with Gasteiger partial charge in [-0.1, -0.05) is 41.5 Å². The van der Waals surface area contributed by atoms with Crippen LogP contribution in [0.5, 0.6) is 0 Å². The zero-order chi connectivity index (χ0) is 25.1. The van der Waals surface area contributed by atoms with Gasteiger partial charge in [0.05, 0.1) is 5.41 Å². The Hall–Kier alpha value is -0.900. The minimum absolute atomic E-state index is 0.0262. The van der Waals surface area contributed by atoms with Crippen LogP contribution in [0.3, 0.4) is 0 Å². The number of hydrogen-bond donors (Lipinski definition) is 2. The number of Topliss-reactive ketones (excluding diaryl/α,β-unsaturated/α-hetero) is 1. The topological polar surface area (TPSA) is 74.6 Å². The fourth-order valence-corrected chi connectivity index (χ4v) is 11.2. The predicted octanol–water partition coefficient (Wildman–Crippen LogP) is 6.49. The lowest BCUT2D eigenvalue weighted by atomic mass is 9.30. The SMILES string of the molecule is C[C@H]1C(=O)[C@@H](O)CC2[C@]3(C)CC[C@@]4(C)[C@@H]5C[C@](C)(C(=O)O)CC[C@]5(C)CC[C@]4(C)[C@@H]3CC[C@@]21C. The molecule has 11 atom stereocenters. The summed E-state index contributed by atoms with van der Waals surface area (Å²) in [5, 5.41) is 20.9. The molecule has 2 N–H and O–H groups in total. The first kappa shape index (κ1) is 24.8. The molecule has 5 aliphatic carbocycles. The molecule has 5 fully saturated rings. The van der Waals surface area contributed by atoms with Crippen LogP contribution in [-0.2, 0) is 9.59 Å². The number of rotatable bonds is 1. The van der Waals surface area contributed by atoms with Gasteiger partial charge in [0.15, 0.2) is 5.78 Å². The van der Waals surface area contributed by atoms with Crippen molar-refractivity contribution in [2.75, 3.05) is 0 Å².